The molecule has 0 bridgehead atoms. The van der Waals surface area contributed by atoms with Gasteiger partial charge in [0.1, 0.15) is 0 Å². The van der Waals surface area contributed by atoms with Crippen LogP contribution < -0.4 is 9.80 Å². The van der Waals surface area contributed by atoms with Gasteiger partial charge in [-0.05, 0) is 118 Å². The van der Waals surface area contributed by atoms with Crippen molar-refractivity contribution in [1.29, 1.82) is 0 Å². The summed E-state index contributed by atoms with van der Waals surface area (Å²) in [5, 5.41) is 7.65. The van der Waals surface area contributed by atoms with Crippen molar-refractivity contribution in [2.24, 2.45) is 0 Å². The summed E-state index contributed by atoms with van der Waals surface area (Å²) in [5.41, 5.74) is 11.6. The first-order chi connectivity index (χ1) is 30.7. The summed E-state index contributed by atoms with van der Waals surface area (Å²) in [4.78, 5) is 4.78. The zero-order chi connectivity index (χ0) is 41.0. The smallest absolute Gasteiger partial charge is 0.0476 e. The second kappa shape index (κ2) is 15.2. The minimum Gasteiger partial charge on any atom is -0.310 e. The van der Waals surface area contributed by atoms with Gasteiger partial charge in [-0.25, -0.2) is 0 Å². The molecule has 0 spiro atoms. The molecule has 0 saturated heterocycles. The van der Waals surface area contributed by atoms with E-state index in [0.717, 1.165) is 34.1 Å². The number of rotatable bonds is 8. The lowest BCUT2D eigenvalue weighted by Gasteiger charge is -2.26. The Hall–Kier alpha value is -7.50. The number of hydrogen-bond donors (Lipinski definition) is 0. The second-order valence-corrected chi connectivity index (χ2v) is 17.9. The van der Waals surface area contributed by atoms with E-state index < -0.39 is 0 Å². The summed E-state index contributed by atoms with van der Waals surface area (Å²) in [6, 6.07) is 84.1. The Morgan fingerprint density at radius 2 is 0.694 bits per heavy atom. The molecule has 12 rings (SSSR count). The first-order valence-electron chi connectivity index (χ1n) is 21.0. The Bertz CT molecular complexity index is 3570. The molecule has 0 radical (unpaired) electrons. The van der Waals surface area contributed by atoms with Gasteiger partial charge in [-0.2, -0.15) is 0 Å². The summed E-state index contributed by atoms with van der Waals surface area (Å²) in [6.45, 7) is 0. The van der Waals surface area contributed by atoms with E-state index in [4.69, 9.17) is 0 Å². The van der Waals surface area contributed by atoms with E-state index in [2.05, 4.69) is 240 Å². The lowest BCUT2D eigenvalue weighted by Crippen LogP contribution is -2.09. The largest absolute Gasteiger partial charge is 0.310 e. The Morgan fingerprint density at radius 3 is 1.40 bits per heavy atom. The van der Waals surface area contributed by atoms with Crippen LogP contribution in [-0.4, -0.2) is 0 Å². The van der Waals surface area contributed by atoms with Crippen molar-refractivity contribution in [3.05, 3.63) is 231 Å². The molecular formula is C58H38N2S2. The third kappa shape index (κ3) is 6.40. The number of fused-ring (bicyclic) bond motifs is 7. The molecule has 62 heavy (non-hydrogen) atoms. The monoisotopic (exact) mass is 826 g/mol. The van der Waals surface area contributed by atoms with Crippen LogP contribution in [0.1, 0.15) is 0 Å². The molecule has 0 aliphatic carbocycles. The molecular weight excluding hydrogens is 789 g/mol. The Balaban J connectivity index is 0.950. The Labute approximate surface area is 368 Å². The third-order valence-corrected chi connectivity index (χ3v) is 14.3. The maximum atomic E-state index is 2.41. The van der Waals surface area contributed by atoms with Gasteiger partial charge in [-0.1, -0.05) is 146 Å². The highest BCUT2D eigenvalue weighted by atomic mass is 32.1. The highest BCUT2D eigenvalue weighted by molar-refractivity contribution is 7.26. The predicted molar refractivity (Wildman–Crippen MR) is 270 cm³/mol. The van der Waals surface area contributed by atoms with Gasteiger partial charge >= 0.3 is 0 Å². The predicted octanol–water partition coefficient (Wildman–Crippen LogP) is 17.8. The minimum atomic E-state index is 1.12. The first-order valence-corrected chi connectivity index (χ1v) is 22.6. The number of hydrogen-bond acceptors (Lipinski definition) is 4. The molecule has 2 aromatic heterocycles. The molecule has 12 aromatic rings. The van der Waals surface area contributed by atoms with Crippen molar-refractivity contribution in [2.75, 3.05) is 9.80 Å². The van der Waals surface area contributed by atoms with Crippen molar-refractivity contribution in [2.45, 2.75) is 0 Å². The minimum absolute atomic E-state index is 1.12. The van der Waals surface area contributed by atoms with Gasteiger partial charge in [0.05, 0.1) is 0 Å². The highest BCUT2D eigenvalue weighted by Crippen LogP contribution is 2.45. The number of anilines is 6. The van der Waals surface area contributed by atoms with Gasteiger partial charge in [-0.3, -0.25) is 0 Å². The summed E-state index contributed by atoms with van der Waals surface area (Å²) < 4.78 is 5.13. The van der Waals surface area contributed by atoms with Crippen LogP contribution in [0.15, 0.2) is 231 Å². The van der Waals surface area contributed by atoms with Gasteiger partial charge < -0.3 is 9.80 Å². The fourth-order valence-corrected chi connectivity index (χ4v) is 11.3. The summed E-state index contributed by atoms with van der Waals surface area (Å²) in [7, 11) is 0. The Kier molecular flexibility index (Phi) is 8.91. The first kappa shape index (κ1) is 36.4. The average Bonchev–Trinajstić information content (AvgIpc) is 3.90. The molecule has 292 valence electrons. The van der Waals surface area contributed by atoms with Crippen LogP contribution in [0.25, 0.3) is 73.4 Å². The van der Waals surface area contributed by atoms with Gasteiger partial charge in [0.15, 0.2) is 0 Å². The normalized spacial score (nSPS) is 11.5. The topological polar surface area (TPSA) is 6.48 Å². The lowest BCUT2D eigenvalue weighted by atomic mass is 9.98. The zero-order valence-corrected chi connectivity index (χ0v) is 35.3. The molecule has 2 heterocycles. The third-order valence-electron chi connectivity index (χ3n) is 12.0. The Morgan fingerprint density at radius 1 is 0.242 bits per heavy atom. The zero-order valence-electron chi connectivity index (χ0n) is 33.7. The van der Waals surface area contributed by atoms with Crippen LogP contribution in [0, 0.1) is 0 Å². The fourth-order valence-electron chi connectivity index (χ4n) is 9.06. The highest BCUT2D eigenvalue weighted by Gasteiger charge is 2.19. The van der Waals surface area contributed by atoms with E-state index in [-0.39, 0.29) is 0 Å². The van der Waals surface area contributed by atoms with Crippen LogP contribution in [0.5, 0.6) is 0 Å². The SMILES string of the molecule is c1ccc(-c2ccc(N(c3ccc4c(c3)sc3ccccc34)c3ccc4c(c3)sc3ccc(N(c5ccccc5)c5ccc(-c6cccc7ccccc67)cc5)cc34)cc2)cc1. The second-order valence-electron chi connectivity index (χ2n) is 15.7. The fraction of sp³-hybridized carbons (Fsp3) is 0. The van der Waals surface area contributed by atoms with Gasteiger partial charge in [-0.15, -0.1) is 22.7 Å². The van der Waals surface area contributed by atoms with E-state index >= 15 is 0 Å². The van der Waals surface area contributed by atoms with E-state index in [1.807, 2.05) is 22.7 Å². The van der Waals surface area contributed by atoms with Crippen molar-refractivity contribution in [3.63, 3.8) is 0 Å². The molecule has 0 amide bonds. The number of para-hydroxylation sites is 1. The van der Waals surface area contributed by atoms with Crippen LogP contribution >= 0.6 is 22.7 Å². The van der Waals surface area contributed by atoms with Gasteiger partial charge in [0, 0.05) is 74.5 Å². The number of thiophene rings is 2. The van der Waals surface area contributed by atoms with Crippen molar-refractivity contribution in [3.8, 4) is 22.3 Å². The summed E-state index contributed by atoms with van der Waals surface area (Å²) in [5.74, 6) is 0. The van der Waals surface area contributed by atoms with Crippen molar-refractivity contribution < 1.29 is 0 Å². The van der Waals surface area contributed by atoms with Gasteiger partial charge in [0.25, 0.3) is 0 Å². The van der Waals surface area contributed by atoms with Crippen LogP contribution in [0.3, 0.4) is 0 Å². The summed E-state index contributed by atoms with van der Waals surface area (Å²) in [6.07, 6.45) is 0. The number of nitrogens with zero attached hydrogens (tertiary/aromatic N) is 2. The maximum absolute atomic E-state index is 2.41. The molecule has 0 fully saturated rings. The summed E-state index contributed by atoms with van der Waals surface area (Å²) >= 11 is 3.72. The number of benzene rings is 10. The van der Waals surface area contributed by atoms with Crippen LogP contribution in [-0.2, 0) is 0 Å². The van der Waals surface area contributed by atoms with E-state index in [1.165, 1.54) is 73.4 Å². The molecule has 10 aromatic carbocycles. The molecule has 0 atom stereocenters. The molecule has 0 N–H and O–H groups in total. The average molecular weight is 827 g/mol. The van der Waals surface area contributed by atoms with E-state index in [9.17, 15) is 0 Å². The molecule has 0 aliphatic heterocycles. The molecule has 2 nitrogen and oxygen atoms in total. The molecule has 0 unspecified atom stereocenters. The van der Waals surface area contributed by atoms with Crippen LogP contribution in [0.2, 0.25) is 0 Å². The lowest BCUT2D eigenvalue weighted by molar-refractivity contribution is 1.29. The van der Waals surface area contributed by atoms with Crippen molar-refractivity contribution >= 4 is 108 Å². The van der Waals surface area contributed by atoms with E-state index in [0.29, 0.717) is 0 Å². The maximum Gasteiger partial charge on any atom is 0.0476 e. The van der Waals surface area contributed by atoms with Gasteiger partial charge in [0.2, 0.25) is 0 Å². The van der Waals surface area contributed by atoms with Crippen molar-refractivity contribution in [1.82, 2.24) is 0 Å². The standard InChI is InChI=1S/C58H38N2S2/c1-3-12-39(13-4-1)40-22-26-45(27-23-40)60(47-30-33-52-51-19-9-10-21-55(51)61-57(52)37-47)48-31-34-53-54-36-46(32-35-56(54)62-58(53)38-48)59(43-16-5-2-6-17-43)44-28-24-42(25-29-44)50-20-11-15-41-14-7-8-18-49(41)50/h1-38H. The molecule has 4 heteroatoms. The van der Waals surface area contributed by atoms with E-state index in [1.54, 1.807) is 0 Å². The molecule has 0 saturated carbocycles. The quantitative estimate of drug-likeness (QED) is 0.151. The molecule has 0 aliphatic rings. The van der Waals surface area contributed by atoms with Crippen LogP contribution in [0.4, 0.5) is 34.1 Å².